The molecule has 0 aliphatic heterocycles. The molecule has 0 saturated carbocycles. The van der Waals surface area contributed by atoms with E-state index < -0.39 is 0 Å². The molecular formula is C13H20N2O2. The quantitative estimate of drug-likeness (QED) is 0.741. The molecule has 94 valence electrons. The summed E-state index contributed by atoms with van der Waals surface area (Å²) in [4.78, 5) is 11.1. The summed E-state index contributed by atoms with van der Waals surface area (Å²) in [5.41, 5.74) is 1.98. The van der Waals surface area contributed by atoms with Gasteiger partial charge in [0.15, 0.2) is 0 Å². The van der Waals surface area contributed by atoms with Crippen molar-refractivity contribution in [2.45, 2.75) is 19.8 Å². The van der Waals surface area contributed by atoms with Crippen LogP contribution in [0.5, 0.6) is 5.75 Å². The van der Waals surface area contributed by atoms with Gasteiger partial charge in [-0.05, 0) is 38.1 Å². The molecular weight excluding hydrogens is 216 g/mol. The van der Waals surface area contributed by atoms with E-state index in [-0.39, 0.29) is 5.91 Å². The number of anilines is 1. The normalized spacial score (nSPS) is 10.1. The van der Waals surface area contributed by atoms with E-state index in [0.717, 1.165) is 36.4 Å². The first kappa shape index (κ1) is 13.5. The number of amides is 1. The Morgan fingerprint density at radius 3 is 2.76 bits per heavy atom. The molecule has 0 atom stereocenters. The van der Waals surface area contributed by atoms with Crippen molar-refractivity contribution in [2.24, 2.45) is 0 Å². The van der Waals surface area contributed by atoms with Crippen LogP contribution >= 0.6 is 0 Å². The maximum atomic E-state index is 11.1. The Kier molecular flexibility index (Phi) is 5.49. The fraction of sp³-hybridized carbons (Fsp3) is 0.462. The van der Waals surface area contributed by atoms with Gasteiger partial charge in [-0.3, -0.25) is 4.79 Å². The van der Waals surface area contributed by atoms with Crippen LogP contribution in [-0.2, 0) is 11.2 Å². The molecule has 0 fully saturated rings. The number of hydrogen-bond donors (Lipinski definition) is 2. The Labute approximate surface area is 102 Å². The topological polar surface area (TPSA) is 50.4 Å². The molecule has 0 radical (unpaired) electrons. The standard InChI is InChI=1S/C13H20N2O2/c1-10(16)15-13-9-12(17-3)7-6-11(13)5-4-8-14-2/h6-7,9,14H,4-5,8H2,1-3H3,(H,15,16). The van der Waals surface area contributed by atoms with Crippen LogP contribution in [0.1, 0.15) is 18.9 Å². The lowest BCUT2D eigenvalue weighted by molar-refractivity contribution is -0.114. The molecule has 0 saturated heterocycles. The maximum Gasteiger partial charge on any atom is 0.221 e. The third-order valence-electron chi connectivity index (χ3n) is 2.50. The van der Waals surface area contributed by atoms with E-state index in [0.29, 0.717) is 0 Å². The van der Waals surface area contributed by atoms with Crippen molar-refractivity contribution in [3.8, 4) is 5.75 Å². The summed E-state index contributed by atoms with van der Waals surface area (Å²) in [7, 11) is 3.55. The molecule has 4 heteroatoms. The second-order valence-corrected chi connectivity index (χ2v) is 3.91. The summed E-state index contributed by atoms with van der Waals surface area (Å²) >= 11 is 0. The number of rotatable bonds is 6. The van der Waals surface area contributed by atoms with Gasteiger partial charge < -0.3 is 15.4 Å². The third kappa shape index (κ3) is 4.44. The van der Waals surface area contributed by atoms with Gasteiger partial charge in [-0.2, -0.15) is 0 Å². The van der Waals surface area contributed by atoms with E-state index in [4.69, 9.17) is 4.74 Å². The lowest BCUT2D eigenvalue weighted by atomic mass is 10.1. The van der Waals surface area contributed by atoms with Gasteiger partial charge in [-0.15, -0.1) is 0 Å². The van der Waals surface area contributed by atoms with E-state index in [1.165, 1.54) is 6.92 Å². The highest BCUT2D eigenvalue weighted by Gasteiger charge is 2.05. The molecule has 2 N–H and O–H groups in total. The monoisotopic (exact) mass is 236 g/mol. The Morgan fingerprint density at radius 1 is 1.41 bits per heavy atom. The molecule has 0 aliphatic carbocycles. The van der Waals surface area contributed by atoms with Gasteiger partial charge in [0.2, 0.25) is 5.91 Å². The predicted molar refractivity (Wildman–Crippen MR) is 69.5 cm³/mol. The van der Waals surface area contributed by atoms with Crippen LogP contribution in [0.4, 0.5) is 5.69 Å². The van der Waals surface area contributed by atoms with Gasteiger partial charge in [0, 0.05) is 18.7 Å². The zero-order valence-corrected chi connectivity index (χ0v) is 10.7. The molecule has 0 bridgehead atoms. The minimum atomic E-state index is -0.0619. The van der Waals surface area contributed by atoms with Gasteiger partial charge in [0.25, 0.3) is 0 Å². The second kappa shape index (κ2) is 6.91. The first-order valence-electron chi connectivity index (χ1n) is 5.76. The molecule has 1 rings (SSSR count). The van der Waals surface area contributed by atoms with Crippen molar-refractivity contribution >= 4 is 11.6 Å². The number of hydrogen-bond acceptors (Lipinski definition) is 3. The number of methoxy groups -OCH3 is 1. The molecule has 17 heavy (non-hydrogen) atoms. The van der Waals surface area contributed by atoms with Gasteiger partial charge in [0.05, 0.1) is 7.11 Å². The lowest BCUT2D eigenvalue weighted by Crippen LogP contribution is -2.11. The van der Waals surface area contributed by atoms with Crippen molar-refractivity contribution in [2.75, 3.05) is 26.0 Å². The summed E-state index contributed by atoms with van der Waals surface area (Å²) in [6.07, 6.45) is 1.97. The number of carbonyl (C=O) groups is 1. The second-order valence-electron chi connectivity index (χ2n) is 3.91. The van der Waals surface area contributed by atoms with Crippen LogP contribution in [-0.4, -0.2) is 26.6 Å². The Hall–Kier alpha value is -1.55. The smallest absolute Gasteiger partial charge is 0.221 e. The fourth-order valence-corrected chi connectivity index (χ4v) is 1.66. The average Bonchev–Trinajstić information content (AvgIpc) is 2.30. The first-order valence-corrected chi connectivity index (χ1v) is 5.76. The van der Waals surface area contributed by atoms with Crippen LogP contribution < -0.4 is 15.4 Å². The van der Waals surface area contributed by atoms with Crippen molar-refractivity contribution in [3.05, 3.63) is 23.8 Å². The van der Waals surface area contributed by atoms with Crippen LogP contribution in [0.2, 0.25) is 0 Å². The van der Waals surface area contributed by atoms with Gasteiger partial charge >= 0.3 is 0 Å². The van der Waals surface area contributed by atoms with Crippen molar-refractivity contribution in [1.82, 2.24) is 5.32 Å². The number of aryl methyl sites for hydroxylation is 1. The molecule has 0 heterocycles. The number of benzene rings is 1. The summed E-state index contributed by atoms with van der Waals surface area (Å²) in [6, 6.07) is 5.77. The summed E-state index contributed by atoms with van der Waals surface area (Å²) < 4.78 is 5.15. The van der Waals surface area contributed by atoms with Gasteiger partial charge in [-0.1, -0.05) is 6.07 Å². The van der Waals surface area contributed by atoms with Crippen molar-refractivity contribution in [1.29, 1.82) is 0 Å². The summed E-state index contributed by atoms with van der Waals surface area (Å²) in [6.45, 7) is 2.47. The SMILES string of the molecule is CNCCCc1ccc(OC)cc1NC(C)=O. The number of nitrogens with one attached hydrogen (secondary N) is 2. The van der Waals surface area contributed by atoms with Crippen LogP contribution in [0.3, 0.4) is 0 Å². The zero-order chi connectivity index (χ0) is 12.7. The third-order valence-corrected chi connectivity index (χ3v) is 2.50. The zero-order valence-electron chi connectivity index (χ0n) is 10.7. The predicted octanol–water partition coefficient (Wildman–Crippen LogP) is 1.81. The van der Waals surface area contributed by atoms with Gasteiger partial charge in [0.1, 0.15) is 5.75 Å². The first-order chi connectivity index (χ1) is 8.17. The molecule has 0 aliphatic rings. The number of ether oxygens (including phenoxy) is 1. The van der Waals surface area contributed by atoms with Crippen molar-refractivity contribution in [3.63, 3.8) is 0 Å². The minimum Gasteiger partial charge on any atom is -0.497 e. The molecule has 1 aromatic rings. The molecule has 4 nitrogen and oxygen atoms in total. The molecule has 1 amide bonds. The minimum absolute atomic E-state index is 0.0619. The van der Waals surface area contributed by atoms with E-state index in [1.54, 1.807) is 7.11 Å². The largest absolute Gasteiger partial charge is 0.497 e. The van der Waals surface area contributed by atoms with E-state index in [9.17, 15) is 4.79 Å². The Morgan fingerprint density at radius 2 is 2.18 bits per heavy atom. The lowest BCUT2D eigenvalue weighted by Gasteiger charge is -2.11. The van der Waals surface area contributed by atoms with Crippen LogP contribution in [0.25, 0.3) is 0 Å². The van der Waals surface area contributed by atoms with Crippen molar-refractivity contribution < 1.29 is 9.53 Å². The highest BCUT2D eigenvalue weighted by Crippen LogP contribution is 2.23. The highest BCUT2D eigenvalue weighted by atomic mass is 16.5. The van der Waals surface area contributed by atoms with E-state index in [1.807, 2.05) is 25.2 Å². The van der Waals surface area contributed by atoms with E-state index in [2.05, 4.69) is 10.6 Å². The summed E-state index contributed by atoms with van der Waals surface area (Å²) in [5, 5.41) is 5.94. The number of carbonyl (C=O) groups excluding carboxylic acids is 1. The summed E-state index contributed by atoms with van der Waals surface area (Å²) in [5.74, 6) is 0.694. The maximum absolute atomic E-state index is 11.1. The molecule has 0 spiro atoms. The Balaban J connectivity index is 2.81. The Bertz CT molecular complexity index is 378. The van der Waals surface area contributed by atoms with Gasteiger partial charge in [-0.25, -0.2) is 0 Å². The molecule has 0 unspecified atom stereocenters. The van der Waals surface area contributed by atoms with E-state index >= 15 is 0 Å². The molecule has 1 aromatic carbocycles. The van der Waals surface area contributed by atoms with Crippen LogP contribution in [0.15, 0.2) is 18.2 Å². The highest BCUT2D eigenvalue weighted by molar-refractivity contribution is 5.89. The fourth-order valence-electron chi connectivity index (χ4n) is 1.66. The van der Waals surface area contributed by atoms with Crippen LogP contribution in [0, 0.1) is 0 Å². The average molecular weight is 236 g/mol. The molecule has 0 aromatic heterocycles.